The van der Waals surface area contributed by atoms with Crippen LogP contribution in [-0.2, 0) is 5.60 Å². The quantitative estimate of drug-likeness (QED) is 0.329. The molecule has 3 aromatic rings. The van der Waals surface area contributed by atoms with E-state index in [2.05, 4.69) is 4.90 Å². The average Bonchev–Trinajstić information content (AvgIpc) is 3.39. The SMILES string of the molecule is CN(CC(CCN1CCC(O)(c2ccc(O)cc2)CC1)c1ccc(Cl)c(Cl)c1)C(=O)c1cccs1.Cl. The number of carbonyl (C=O) groups excluding carboxylic acids is 1. The van der Waals surface area contributed by atoms with Gasteiger partial charge < -0.3 is 20.0 Å². The Morgan fingerprint density at radius 3 is 2.42 bits per heavy atom. The molecule has 194 valence electrons. The van der Waals surface area contributed by atoms with Crippen molar-refractivity contribution in [2.75, 3.05) is 33.2 Å². The number of benzene rings is 2. The first-order valence-corrected chi connectivity index (χ1v) is 13.4. The predicted molar refractivity (Wildman–Crippen MR) is 150 cm³/mol. The number of rotatable bonds is 8. The standard InChI is InChI=1S/C27H30Cl2N2O3S.ClH/c1-30(26(33)25-3-2-16-35-25)18-20(19-4-9-23(28)24(29)17-19)10-13-31-14-11-27(34,12-15-31)21-5-7-22(32)8-6-21;/h2-9,16-17,20,32,34H,10-15,18H2,1H3;1H. The molecule has 1 fully saturated rings. The highest BCUT2D eigenvalue weighted by Gasteiger charge is 2.34. The van der Waals surface area contributed by atoms with Crippen LogP contribution in [0.15, 0.2) is 60.0 Å². The second-order valence-corrected chi connectivity index (χ2v) is 11.0. The lowest BCUT2D eigenvalue weighted by Crippen LogP contribution is -2.43. The van der Waals surface area contributed by atoms with E-state index < -0.39 is 5.60 Å². The fourth-order valence-electron chi connectivity index (χ4n) is 4.68. The molecule has 0 saturated carbocycles. The zero-order chi connectivity index (χ0) is 25.0. The minimum Gasteiger partial charge on any atom is -0.508 e. The van der Waals surface area contributed by atoms with Gasteiger partial charge in [-0.2, -0.15) is 0 Å². The first kappa shape index (κ1) is 28.8. The van der Waals surface area contributed by atoms with E-state index in [0.717, 1.165) is 42.1 Å². The van der Waals surface area contributed by atoms with Crippen molar-refractivity contribution in [3.63, 3.8) is 0 Å². The lowest BCUT2D eigenvalue weighted by molar-refractivity contribution is -0.0264. The molecule has 2 N–H and O–H groups in total. The maximum Gasteiger partial charge on any atom is 0.263 e. The molecule has 1 saturated heterocycles. The fourth-order valence-corrected chi connectivity index (χ4v) is 5.70. The molecule has 1 amide bonds. The molecule has 2 heterocycles. The number of aliphatic hydroxyl groups is 1. The molecule has 1 aliphatic heterocycles. The van der Waals surface area contributed by atoms with Crippen LogP contribution in [0.25, 0.3) is 0 Å². The van der Waals surface area contributed by atoms with Crippen molar-refractivity contribution in [3.05, 3.63) is 86.0 Å². The van der Waals surface area contributed by atoms with E-state index in [1.54, 1.807) is 29.2 Å². The highest BCUT2D eigenvalue weighted by Crippen LogP contribution is 2.34. The number of phenols is 1. The van der Waals surface area contributed by atoms with Crippen molar-refractivity contribution in [1.29, 1.82) is 0 Å². The molecule has 1 aromatic heterocycles. The lowest BCUT2D eigenvalue weighted by Gasteiger charge is -2.39. The molecule has 5 nitrogen and oxygen atoms in total. The van der Waals surface area contributed by atoms with Gasteiger partial charge in [-0.3, -0.25) is 4.79 Å². The van der Waals surface area contributed by atoms with Gasteiger partial charge in [0.25, 0.3) is 5.91 Å². The Kier molecular flexibility index (Phi) is 10.1. The van der Waals surface area contributed by atoms with Crippen LogP contribution in [0.3, 0.4) is 0 Å². The Hall–Kier alpha value is -1.80. The summed E-state index contributed by atoms with van der Waals surface area (Å²) in [6, 6.07) is 16.3. The van der Waals surface area contributed by atoms with Gasteiger partial charge in [-0.25, -0.2) is 0 Å². The number of thiophene rings is 1. The number of hydrogen-bond donors (Lipinski definition) is 2. The molecule has 1 atom stereocenters. The van der Waals surface area contributed by atoms with Crippen molar-refractivity contribution in [2.24, 2.45) is 0 Å². The largest absolute Gasteiger partial charge is 0.508 e. The van der Waals surface area contributed by atoms with Crippen molar-refractivity contribution in [2.45, 2.75) is 30.8 Å². The topological polar surface area (TPSA) is 64.0 Å². The van der Waals surface area contributed by atoms with Gasteiger partial charge in [0.15, 0.2) is 0 Å². The molecule has 0 radical (unpaired) electrons. The first-order valence-electron chi connectivity index (χ1n) is 11.7. The number of piperidine rings is 1. The molecule has 1 aliphatic rings. The second kappa shape index (κ2) is 12.6. The van der Waals surface area contributed by atoms with Crippen LogP contribution in [-0.4, -0.2) is 59.1 Å². The van der Waals surface area contributed by atoms with Gasteiger partial charge in [0, 0.05) is 32.6 Å². The minimum absolute atomic E-state index is 0. The van der Waals surface area contributed by atoms with Crippen LogP contribution in [0.5, 0.6) is 5.75 Å². The summed E-state index contributed by atoms with van der Waals surface area (Å²) in [5, 5.41) is 23.6. The van der Waals surface area contributed by atoms with Gasteiger partial charge in [-0.05, 0) is 72.6 Å². The highest BCUT2D eigenvalue weighted by atomic mass is 35.5. The number of likely N-dealkylation sites (tertiary alicyclic amines) is 1. The monoisotopic (exact) mass is 568 g/mol. The number of halogens is 3. The van der Waals surface area contributed by atoms with Crippen molar-refractivity contribution < 1.29 is 15.0 Å². The molecule has 0 aliphatic carbocycles. The van der Waals surface area contributed by atoms with E-state index in [0.29, 0.717) is 29.4 Å². The van der Waals surface area contributed by atoms with Gasteiger partial charge in [-0.1, -0.05) is 47.5 Å². The number of carbonyl (C=O) groups is 1. The molecule has 9 heteroatoms. The normalized spacial score (nSPS) is 16.2. The Morgan fingerprint density at radius 1 is 1.11 bits per heavy atom. The third kappa shape index (κ3) is 6.94. The van der Waals surface area contributed by atoms with Crippen molar-refractivity contribution in [3.8, 4) is 5.75 Å². The third-order valence-electron chi connectivity index (χ3n) is 6.87. The van der Waals surface area contributed by atoms with Gasteiger partial charge in [0.05, 0.1) is 20.5 Å². The number of aromatic hydroxyl groups is 1. The molecule has 0 spiro atoms. The second-order valence-electron chi connectivity index (χ2n) is 9.24. The summed E-state index contributed by atoms with van der Waals surface area (Å²) in [5.41, 5.74) is 1.03. The maximum absolute atomic E-state index is 12.9. The molecule has 0 bridgehead atoms. The molecule has 4 rings (SSSR count). The fraction of sp³-hybridized carbons (Fsp3) is 0.370. The molecule has 1 unspecified atom stereocenters. The highest BCUT2D eigenvalue weighted by molar-refractivity contribution is 7.12. The van der Waals surface area contributed by atoms with Gasteiger partial charge in [0.1, 0.15) is 5.75 Å². The number of hydrogen-bond acceptors (Lipinski definition) is 5. The number of phenolic OH excluding ortho intramolecular Hbond substituents is 1. The van der Waals surface area contributed by atoms with E-state index in [1.165, 1.54) is 11.3 Å². The Labute approximate surface area is 232 Å². The predicted octanol–water partition coefficient (Wildman–Crippen LogP) is 6.41. The van der Waals surface area contributed by atoms with E-state index in [-0.39, 0.29) is 30.0 Å². The third-order valence-corrected chi connectivity index (χ3v) is 8.47. The van der Waals surface area contributed by atoms with Crippen molar-refractivity contribution in [1.82, 2.24) is 9.80 Å². The Balaban J connectivity index is 0.00000361. The van der Waals surface area contributed by atoms with E-state index in [9.17, 15) is 15.0 Å². The van der Waals surface area contributed by atoms with E-state index in [1.807, 2.05) is 42.8 Å². The maximum atomic E-state index is 12.9. The van der Waals surface area contributed by atoms with Crippen LogP contribution in [0.4, 0.5) is 0 Å². The lowest BCUT2D eigenvalue weighted by atomic mass is 9.84. The van der Waals surface area contributed by atoms with Crippen LogP contribution in [0.2, 0.25) is 10.0 Å². The van der Waals surface area contributed by atoms with Crippen LogP contribution < -0.4 is 0 Å². The summed E-state index contributed by atoms with van der Waals surface area (Å²) in [5.74, 6) is 0.309. The number of nitrogens with zero attached hydrogens (tertiary/aromatic N) is 2. The summed E-state index contributed by atoms with van der Waals surface area (Å²) in [6.07, 6.45) is 2.11. The van der Waals surface area contributed by atoms with Gasteiger partial charge >= 0.3 is 0 Å². The van der Waals surface area contributed by atoms with Gasteiger partial charge in [-0.15, -0.1) is 23.7 Å². The summed E-state index contributed by atoms with van der Waals surface area (Å²) >= 11 is 13.9. The molecular weight excluding hydrogens is 539 g/mol. The van der Waals surface area contributed by atoms with E-state index in [4.69, 9.17) is 23.2 Å². The summed E-state index contributed by atoms with van der Waals surface area (Å²) in [4.78, 5) is 17.7. The zero-order valence-electron chi connectivity index (χ0n) is 20.1. The smallest absolute Gasteiger partial charge is 0.263 e. The Bertz CT molecular complexity index is 1130. The molecule has 2 aromatic carbocycles. The van der Waals surface area contributed by atoms with Crippen LogP contribution in [0, 0.1) is 0 Å². The van der Waals surface area contributed by atoms with E-state index >= 15 is 0 Å². The summed E-state index contributed by atoms with van der Waals surface area (Å²) in [6.45, 7) is 2.96. The minimum atomic E-state index is -0.874. The van der Waals surface area contributed by atoms with Gasteiger partial charge in [0.2, 0.25) is 0 Å². The zero-order valence-corrected chi connectivity index (χ0v) is 23.2. The average molecular weight is 570 g/mol. The number of likely N-dealkylation sites (N-methyl/N-ethyl adjacent to an activating group) is 1. The van der Waals surface area contributed by atoms with Crippen LogP contribution in [0.1, 0.15) is 46.0 Å². The molecule has 36 heavy (non-hydrogen) atoms. The Morgan fingerprint density at radius 2 is 1.81 bits per heavy atom. The first-order chi connectivity index (χ1) is 16.7. The van der Waals surface area contributed by atoms with Crippen LogP contribution >= 0.6 is 46.9 Å². The number of amides is 1. The summed E-state index contributed by atoms with van der Waals surface area (Å²) < 4.78 is 0. The molecular formula is C27H31Cl3N2O3S. The summed E-state index contributed by atoms with van der Waals surface area (Å²) in [7, 11) is 1.84. The van der Waals surface area contributed by atoms with Crippen molar-refractivity contribution >= 4 is 52.9 Å².